The Balaban J connectivity index is 1.29. The molecule has 1 fully saturated rings. The highest BCUT2D eigenvalue weighted by Gasteiger charge is 2.33. The van der Waals surface area contributed by atoms with Crippen molar-refractivity contribution in [1.29, 1.82) is 0 Å². The molecular formula is C31H39N3O6. The van der Waals surface area contributed by atoms with Crippen LogP contribution in [-0.2, 0) is 13.0 Å². The molecule has 1 saturated heterocycles. The van der Waals surface area contributed by atoms with E-state index in [9.17, 15) is 4.79 Å². The van der Waals surface area contributed by atoms with Gasteiger partial charge >= 0.3 is 0 Å². The van der Waals surface area contributed by atoms with Gasteiger partial charge in [-0.1, -0.05) is 37.3 Å². The van der Waals surface area contributed by atoms with Gasteiger partial charge in [0.1, 0.15) is 24.7 Å². The van der Waals surface area contributed by atoms with E-state index >= 15 is 0 Å². The minimum atomic E-state index is -0.134. The van der Waals surface area contributed by atoms with Crippen LogP contribution in [0.15, 0.2) is 60.8 Å². The van der Waals surface area contributed by atoms with Gasteiger partial charge in [-0.2, -0.15) is 0 Å². The molecule has 40 heavy (non-hydrogen) atoms. The molecular weight excluding hydrogens is 510 g/mol. The second kappa shape index (κ2) is 14.6. The summed E-state index contributed by atoms with van der Waals surface area (Å²) < 4.78 is 17.4. The van der Waals surface area contributed by atoms with E-state index in [0.29, 0.717) is 68.9 Å². The minimum Gasteiger partial charge on any atom is -0.493 e. The summed E-state index contributed by atoms with van der Waals surface area (Å²) in [5.41, 5.74) is 3.84. The van der Waals surface area contributed by atoms with E-state index in [4.69, 9.17) is 24.4 Å². The van der Waals surface area contributed by atoms with Crippen LogP contribution in [0.1, 0.15) is 40.0 Å². The number of rotatable bonds is 15. The highest BCUT2D eigenvalue weighted by molar-refractivity contribution is 5.93. The van der Waals surface area contributed by atoms with Crippen molar-refractivity contribution in [2.45, 2.75) is 25.9 Å². The van der Waals surface area contributed by atoms with Crippen LogP contribution in [-0.4, -0.2) is 90.6 Å². The molecule has 3 aromatic rings. The number of amides is 1. The molecule has 9 heteroatoms. The van der Waals surface area contributed by atoms with Crippen LogP contribution in [0.25, 0.3) is 0 Å². The highest BCUT2D eigenvalue weighted by Crippen LogP contribution is 2.35. The SMILES string of the molecule is CCc1ccc(COc2ccc(C3CN(C(=O)c4cc(OCCN(CCO)CCO)ccn4)C3)cc2OC)cc1. The standard InChI is InChI=1S/C31H39N3O6/c1-3-23-4-6-24(7-5-23)22-40-29-9-8-25(18-30(29)38-2)26-20-34(21-26)31(37)28-19-27(10-11-32-28)39-17-14-33(12-15-35)13-16-36/h4-11,18-19,26,35-36H,3,12-17,20-22H2,1-2H3. The first-order valence-electron chi connectivity index (χ1n) is 13.7. The topological polar surface area (TPSA) is 105 Å². The molecule has 214 valence electrons. The molecule has 0 radical (unpaired) electrons. The van der Waals surface area contributed by atoms with Crippen LogP contribution in [0, 0.1) is 0 Å². The predicted octanol–water partition coefficient (Wildman–Crippen LogP) is 3.14. The summed E-state index contributed by atoms with van der Waals surface area (Å²) in [6.45, 7) is 5.68. The fourth-order valence-electron chi connectivity index (χ4n) is 4.64. The Bertz CT molecular complexity index is 1220. The van der Waals surface area contributed by atoms with Crippen molar-refractivity contribution in [1.82, 2.24) is 14.8 Å². The fourth-order valence-corrected chi connectivity index (χ4v) is 4.64. The van der Waals surface area contributed by atoms with Crippen molar-refractivity contribution < 1.29 is 29.2 Å². The van der Waals surface area contributed by atoms with Crippen LogP contribution in [0.2, 0.25) is 0 Å². The van der Waals surface area contributed by atoms with Crippen molar-refractivity contribution >= 4 is 5.91 Å². The molecule has 2 N–H and O–H groups in total. The van der Waals surface area contributed by atoms with Crippen LogP contribution < -0.4 is 14.2 Å². The quantitative estimate of drug-likeness (QED) is 0.298. The number of nitrogens with zero attached hydrogens (tertiary/aromatic N) is 3. The Morgan fingerprint density at radius 3 is 2.35 bits per heavy atom. The summed E-state index contributed by atoms with van der Waals surface area (Å²) in [5, 5.41) is 18.3. The lowest BCUT2D eigenvalue weighted by Crippen LogP contribution is -2.48. The number of carbonyl (C=O) groups excluding carboxylic acids is 1. The van der Waals surface area contributed by atoms with Gasteiger partial charge in [-0.3, -0.25) is 14.7 Å². The van der Waals surface area contributed by atoms with E-state index in [1.807, 2.05) is 23.1 Å². The maximum absolute atomic E-state index is 13.0. The van der Waals surface area contributed by atoms with Gasteiger partial charge in [0.25, 0.3) is 5.91 Å². The van der Waals surface area contributed by atoms with Gasteiger partial charge in [0.2, 0.25) is 0 Å². The second-order valence-corrected chi connectivity index (χ2v) is 9.79. The summed E-state index contributed by atoms with van der Waals surface area (Å²) >= 11 is 0. The van der Waals surface area contributed by atoms with Crippen molar-refractivity contribution in [3.05, 3.63) is 83.2 Å². The molecule has 9 nitrogen and oxygen atoms in total. The van der Waals surface area contributed by atoms with Crippen LogP contribution in [0.3, 0.4) is 0 Å². The van der Waals surface area contributed by atoms with Gasteiger partial charge in [0, 0.05) is 50.9 Å². The van der Waals surface area contributed by atoms with Crippen molar-refractivity contribution in [3.63, 3.8) is 0 Å². The van der Waals surface area contributed by atoms with Gasteiger partial charge < -0.3 is 29.3 Å². The van der Waals surface area contributed by atoms with Crippen LogP contribution >= 0.6 is 0 Å². The fraction of sp³-hybridized carbons (Fsp3) is 0.419. The third-order valence-corrected chi connectivity index (χ3v) is 7.11. The number of hydrogen-bond acceptors (Lipinski definition) is 8. The van der Waals surface area contributed by atoms with Crippen molar-refractivity contribution in [3.8, 4) is 17.2 Å². The molecule has 0 atom stereocenters. The van der Waals surface area contributed by atoms with Gasteiger partial charge in [0.15, 0.2) is 11.5 Å². The number of aliphatic hydroxyl groups excluding tert-OH is 2. The molecule has 0 saturated carbocycles. The highest BCUT2D eigenvalue weighted by atomic mass is 16.5. The average molecular weight is 550 g/mol. The second-order valence-electron chi connectivity index (χ2n) is 9.79. The average Bonchev–Trinajstić information content (AvgIpc) is 2.96. The zero-order valence-electron chi connectivity index (χ0n) is 23.3. The summed E-state index contributed by atoms with van der Waals surface area (Å²) in [5.74, 6) is 2.00. The number of pyridine rings is 1. The molecule has 2 heterocycles. The third kappa shape index (κ3) is 7.71. The van der Waals surface area contributed by atoms with E-state index in [2.05, 4.69) is 36.2 Å². The van der Waals surface area contributed by atoms with E-state index in [1.54, 1.807) is 30.3 Å². The molecule has 0 bridgehead atoms. The number of likely N-dealkylation sites (tertiary alicyclic amines) is 1. The lowest BCUT2D eigenvalue weighted by molar-refractivity contribution is 0.0595. The Morgan fingerprint density at radius 1 is 0.950 bits per heavy atom. The van der Waals surface area contributed by atoms with E-state index in [-0.39, 0.29) is 25.0 Å². The first-order valence-corrected chi connectivity index (χ1v) is 13.7. The van der Waals surface area contributed by atoms with Gasteiger partial charge in [-0.15, -0.1) is 0 Å². The zero-order chi connectivity index (χ0) is 28.3. The van der Waals surface area contributed by atoms with Crippen LogP contribution in [0.5, 0.6) is 17.2 Å². The molecule has 1 aliphatic rings. The monoisotopic (exact) mass is 549 g/mol. The number of carbonyl (C=O) groups is 1. The van der Waals surface area contributed by atoms with E-state index < -0.39 is 0 Å². The molecule has 1 amide bonds. The molecule has 0 unspecified atom stereocenters. The number of ether oxygens (including phenoxy) is 3. The smallest absolute Gasteiger partial charge is 0.272 e. The molecule has 1 aromatic heterocycles. The number of methoxy groups -OCH3 is 1. The maximum atomic E-state index is 13.0. The largest absolute Gasteiger partial charge is 0.493 e. The third-order valence-electron chi connectivity index (χ3n) is 7.11. The van der Waals surface area contributed by atoms with Crippen molar-refractivity contribution in [2.75, 3.05) is 59.7 Å². The number of hydrogen-bond donors (Lipinski definition) is 2. The molecule has 2 aromatic carbocycles. The van der Waals surface area contributed by atoms with E-state index in [0.717, 1.165) is 17.5 Å². The number of benzene rings is 2. The Hall–Kier alpha value is -3.66. The molecule has 1 aliphatic heterocycles. The Morgan fingerprint density at radius 2 is 1.68 bits per heavy atom. The maximum Gasteiger partial charge on any atom is 0.272 e. The first kappa shape index (κ1) is 29.3. The van der Waals surface area contributed by atoms with Crippen LogP contribution in [0.4, 0.5) is 0 Å². The lowest BCUT2D eigenvalue weighted by Gasteiger charge is -2.39. The molecule has 0 aliphatic carbocycles. The summed E-state index contributed by atoms with van der Waals surface area (Å²) in [6.07, 6.45) is 2.58. The molecule has 0 spiro atoms. The predicted molar refractivity (Wildman–Crippen MR) is 152 cm³/mol. The van der Waals surface area contributed by atoms with Gasteiger partial charge in [-0.25, -0.2) is 0 Å². The zero-order valence-corrected chi connectivity index (χ0v) is 23.3. The van der Waals surface area contributed by atoms with Crippen molar-refractivity contribution in [2.24, 2.45) is 0 Å². The summed E-state index contributed by atoms with van der Waals surface area (Å²) in [6, 6.07) is 17.7. The number of aryl methyl sites for hydroxylation is 1. The summed E-state index contributed by atoms with van der Waals surface area (Å²) in [4.78, 5) is 21.0. The number of aliphatic hydroxyl groups is 2. The number of aromatic nitrogens is 1. The Labute approximate surface area is 235 Å². The normalized spacial score (nSPS) is 13.3. The Kier molecular flexibility index (Phi) is 10.7. The first-order chi connectivity index (χ1) is 19.5. The summed E-state index contributed by atoms with van der Waals surface area (Å²) in [7, 11) is 1.64. The van der Waals surface area contributed by atoms with E-state index in [1.165, 1.54) is 5.56 Å². The molecule has 4 rings (SSSR count). The lowest BCUT2D eigenvalue weighted by atomic mass is 9.91. The van der Waals surface area contributed by atoms with Gasteiger partial charge in [0.05, 0.1) is 20.3 Å². The van der Waals surface area contributed by atoms with Gasteiger partial charge in [-0.05, 0) is 41.3 Å². The minimum absolute atomic E-state index is 0.0174.